The third kappa shape index (κ3) is 5.62. The van der Waals surface area contributed by atoms with Crippen molar-refractivity contribution in [1.82, 2.24) is 14.9 Å². The van der Waals surface area contributed by atoms with Crippen molar-refractivity contribution in [3.8, 4) is 0 Å². The Hall–Kier alpha value is -3.15. The molecule has 33 heavy (non-hydrogen) atoms. The summed E-state index contributed by atoms with van der Waals surface area (Å²) in [5, 5.41) is 3.11. The molecule has 1 aromatic heterocycles. The second kappa shape index (κ2) is 11.1. The number of carbonyl (C=O) groups is 2. The standard InChI is InChI=1S/C27H34N4O2/c1-2-30(22-14-7-4-8-15-22)26(32)20-31-24-17-10-9-16-23(24)29-25(31)18-11-19-28-27(33)21-12-5-3-6-13-21/h4,7-10,14-17,21H,2-3,5-6,11-13,18-20H2,1H3,(H,28,33). The molecule has 4 rings (SSSR count). The lowest BCUT2D eigenvalue weighted by Crippen LogP contribution is -2.34. The van der Waals surface area contributed by atoms with E-state index in [1.54, 1.807) is 0 Å². The molecule has 0 bridgehead atoms. The molecule has 6 heteroatoms. The van der Waals surface area contributed by atoms with E-state index in [1.807, 2.05) is 71.0 Å². The van der Waals surface area contributed by atoms with E-state index in [0.29, 0.717) is 19.5 Å². The van der Waals surface area contributed by atoms with Gasteiger partial charge in [0.1, 0.15) is 12.4 Å². The molecule has 1 aliphatic carbocycles. The number of imidazole rings is 1. The lowest BCUT2D eigenvalue weighted by molar-refractivity contribution is -0.126. The number of carbonyl (C=O) groups excluding carboxylic acids is 2. The molecule has 0 aliphatic heterocycles. The number of hydrogen-bond donors (Lipinski definition) is 1. The Morgan fingerprint density at radius 1 is 1.03 bits per heavy atom. The van der Waals surface area contributed by atoms with Gasteiger partial charge in [-0.3, -0.25) is 9.59 Å². The topological polar surface area (TPSA) is 67.2 Å². The number of amides is 2. The van der Waals surface area contributed by atoms with Crippen molar-refractivity contribution in [1.29, 1.82) is 0 Å². The number of aryl methyl sites for hydroxylation is 1. The Bertz CT molecular complexity index is 1070. The second-order valence-corrected chi connectivity index (χ2v) is 8.81. The zero-order valence-corrected chi connectivity index (χ0v) is 19.5. The van der Waals surface area contributed by atoms with Crippen LogP contribution in [-0.4, -0.2) is 34.5 Å². The summed E-state index contributed by atoms with van der Waals surface area (Å²) in [4.78, 5) is 32.3. The number of rotatable bonds is 9. The second-order valence-electron chi connectivity index (χ2n) is 8.81. The van der Waals surface area contributed by atoms with E-state index in [0.717, 1.165) is 54.6 Å². The SMILES string of the molecule is CCN(C(=O)Cn1c(CCCNC(=O)C2CCCCC2)nc2ccccc21)c1ccccc1. The molecule has 1 N–H and O–H groups in total. The number of para-hydroxylation sites is 3. The largest absolute Gasteiger partial charge is 0.356 e. The van der Waals surface area contributed by atoms with Crippen LogP contribution in [0.15, 0.2) is 54.6 Å². The number of nitrogens with zero attached hydrogens (tertiary/aromatic N) is 3. The molecule has 0 atom stereocenters. The fraction of sp³-hybridized carbons (Fsp3) is 0.444. The molecule has 6 nitrogen and oxygen atoms in total. The van der Waals surface area contributed by atoms with Gasteiger partial charge in [-0.1, -0.05) is 49.6 Å². The fourth-order valence-electron chi connectivity index (χ4n) is 4.79. The van der Waals surface area contributed by atoms with Crippen molar-refractivity contribution in [3.63, 3.8) is 0 Å². The van der Waals surface area contributed by atoms with Crippen LogP contribution in [0.25, 0.3) is 11.0 Å². The first kappa shape index (κ1) is 23.0. The fourth-order valence-corrected chi connectivity index (χ4v) is 4.79. The molecule has 1 saturated carbocycles. The van der Waals surface area contributed by atoms with E-state index in [-0.39, 0.29) is 24.3 Å². The first-order valence-electron chi connectivity index (χ1n) is 12.2. The molecule has 0 saturated heterocycles. The van der Waals surface area contributed by atoms with E-state index >= 15 is 0 Å². The van der Waals surface area contributed by atoms with Crippen LogP contribution in [0, 0.1) is 5.92 Å². The van der Waals surface area contributed by atoms with Crippen molar-refractivity contribution in [2.24, 2.45) is 5.92 Å². The number of hydrogen-bond acceptors (Lipinski definition) is 3. The lowest BCUT2D eigenvalue weighted by atomic mass is 9.89. The normalized spacial score (nSPS) is 14.3. The number of benzene rings is 2. The van der Waals surface area contributed by atoms with E-state index in [9.17, 15) is 9.59 Å². The van der Waals surface area contributed by atoms with Crippen molar-refractivity contribution in [2.45, 2.75) is 58.4 Å². The van der Waals surface area contributed by atoms with Gasteiger partial charge in [-0.25, -0.2) is 4.98 Å². The molecule has 3 aromatic rings. The molecule has 0 radical (unpaired) electrons. The Balaban J connectivity index is 1.43. The predicted octanol–water partition coefficient (Wildman–Crippen LogP) is 4.72. The maximum atomic E-state index is 13.3. The quantitative estimate of drug-likeness (QED) is 0.484. The van der Waals surface area contributed by atoms with Crippen LogP contribution in [0.1, 0.15) is 51.3 Å². The molecule has 0 spiro atoms. The van der Waals surface area contributed by atoms with Gasteiger partial charge in [0.05, 0.1) is 11.0 Å². The summed E-state index contributed by atoms with van der Waals surface area (Å²) >= 11 is 0. The molecule has 2 amide bonds. The highest BCUT2D eigenvalue weighted by Gasteiger charge is 2.21. The van der Waals surface area contributed by atoms with E-state index in [1.165, 1.54) is 6.42 Å². The van der Waals surface area contributed by atoms with Gasteiger partial charge in [-0.2, -0.15) is 0 Å². The summed E-state index contributed by atoms with van der Waals surface area (Å²) < 4.78 is 2.03. The summed E-state index contributed by atoms with van der Waals surface area (Å²) in [5.41, 5.74) is 2.77. The molecule has 1 heterocycles. The Morgan fingerprint density at radius 2 is 1.76 bits per heavy atom. The Kier molecular flexibility index (Phi) is 7.76. The van der Waals surface area contributed by atoms with Gasteiger partial charge in [-0.05, 0) is 50.5 Å². The van der Waals surface area contributed by atoms with Crippen molar-refractivity contribution < 1.29 is 9.59 Å². The summed E-state index contributed by atoms with van der Waals surface area (Å²) in [6.45, 7) is 3.48. The lowest BCUT2D eigenvalue weighted by Gasteiger charge is -2.22. The minimum atomic E-state index is 0.0405. The minimum Gasteiger partial charge on any atom is -0.356 e. The number of nitrogens with one attached hydrogen (secondary N) is 1. The van der Waals surface area contributed by atoms with Crippen LogP contribution in [0.4, 0.5) is 5.69 Å². The summed E-state index contributed by atoms with van der Waals surface area (Å²) in [5.74, 6) is 1.30. The molecule has 174 valence electrons. The Morgan fingerprint density at radius 3 is 2.52 bits per heavy atom. The smallest absolute Gasteiger partial charge is 0.246 e. The molecule has 2 aromatic carbocycles. The average molecular weight is 447 g/mol. The van der Waals surface area contributed by atoms with Crippen LogP contribution < -0.4 is 10.2 Å². The van der Waals surface area contributed by atoms with Gasteiger partial charge in [0.25, 0.3) is 0 Å². The molecular formula is C27H34N4O2. The highest BCUT2D eigenvalue weighted by molar-refractivity contribution is 5.94. The van der Waals surface area contributed by atoms with Gasteiger partial charge in [0.15, 0.2) is 0 Å². The predicted molar refractivity (Wildman–Crippen MR) is 132 cm³/mol. The molecule has 1 aliphatic rings. The highest BCUT2D eigenvalue weighted by Crippen LogP contribution is 2.24. The van der Waals surface area contributed by atoms with Crippen molar-refractivity contribution >= 4 is 28.5 Å². The number of aromatic nitrogens is 2. The van der Waals surface area contributed by atoms with Gasteiger partial charge < -0.3 is 14.8 Å². The number of likely N-dealkylation sites (N-methyl/N-ethyl adjacent to an activating group) is 1. The van der Waals surface area contributed by atoms with E-state index in [4.69, 9.17) is 4.98 Å². The van der Waals surface area contributed by atoms with Crippen LogP contribution in [0.2, 0.25) is 0 Å². The summed E-state index contributed by atoms with van der Waals surface area (Å²) in [7, 11) is 0. The van der Waals surface area contributed by atoms with Crippen molar-refractivity contribution in [3.05, 3.63) is 60.4 Å². The number of anilines is 1. The maximum Gasteiger partial charge on any atom is 0.246 e. The first-order valence-corrected chi connectivity index (χ1v) is 12.2. The third-order valence-corrected chi connectivity index (χ3v) is 6.56. The van der Waals surface area contributed by atoms with Crippen LogP contribution in [-0.2, 0) is 22.6 Å². The molecular weight excluding hydrogens is 412 g/mol. The van der Waals surface area contributed by atoms with Gasteiger partial charge in [-0.15, -0.1) is 0 Å². The highest BCUT2D eigenvalue weighted by atomic mass is 16.2. The number of fused-ring (bicyclic) bond motifs is 1. The zero-order chi connectivity index (χ0) is 23.0. The van der Waals surface area contributed by atoms with Gasteiger partial charge in [0, 0.05) is 31.1 Å². The maximum absolute atomic E-state index is 13.3. The van der Waals surface area contributed by atoms with Gasteiger partial charge in [0.2, 0.25) is 11.8 Å². The Labute approximate surface area is 196 Å². The van der Waals surface area contributed by atoms with Crippen LogP contribution >= 0.6 is 0 Å². The molecule has 0 unspecified atom stereocenters. The van der Waals surface area contributed by atoms with Gasteiger partial charge >= 0.3 is 0 Å². The average Bonchev–Trinajstić information content (AvgIpc) is 3.20. The van der Waals surface area contributed by atoms with Crippen LogP contribution in [0.5, 0.6) is 0 Å². The van der Waals surface area contributed by atoms with E-state index in [2.05, 4.69) is 5.32 Å². The van der Waals surface area contributed by atoms with Crippen molar-refractivity contribution in [2.75, 3.05) is 18.0 Å². The minimum absolute atomic E-state index is 0.0405. The zero-order valence-electron chi connectivity index (χ0n) is 19.5. The monoisotopic (exact) mass is 446 g/mol. The first-order chi connectivity index (χ1) is 16.2. The van der Waals surface area contributed by atoms with E-state index < -0.39 is 0 Å². The summed E-state index contributed by atoms with van der Waals surface area (Å²) in [6.07, 6.45) is 7.11. The third-order valence-electron chi connectivity index (χ3n) is 6.56. The van der Waals surface area contributed by atoms with Crippen LogP contribution in [0.3, 0.4) is 0 Å². The summed E-state index contributed by atoms with van der Waals surface area (Å²) in [6, 6.07) is 17.7. The molecule has 1 fully saturated rings.